The van der Waals surface area contributed by atoms with Gasteiger partial charge in [0.25, 0.3) is 5.82 Å². The fourth-order valence-corrected chi connectivity index (χ4v) is 2.20. The van der Waals surface area contributed by atoms with Crippen LogP contribution in [0.2, 0.25) is 0 Å². The minimum Gasteiger partial charge on any atom is -0.463 e. The second-order valence-corrected chi connectivity index (χ2v) is 4.37. The normalized spacial score (nSPS) is 17.7. The summed E-state index contributed by atoms with van der Waals surface area (Å²) >= 11 is 0. The van der Waals surface area contributed by atoms with Crippen molar-refractivity contribution in [2.24, 2.45) is 7.05 Å². The summed E-state index contributed by atoms with van der Waals surface area (Å²) in [4.78, 5) is 15.6. The zero-order valence-corrected chi connectivity index (χ0v) is 10.7. The number of ether oxygens (including phenoxy) is 1. The number of hydrogen-bond donors (Lipinski definition) is 1. The summed E-state index contributed by atoms with van der Waals surface area (Å²) in [5.74, 6) is 0.120. The van der Waals surface area contributed by atoms with E-state index in [0.717, 1.165) is 18.5 Å². The highest BCUT2D eigenvalue weighted by molar-refractivity contribution is 5.85. The van der Waals surface area contributed by atoms with Crippen LogP contribution in [-0.2, 0) is 11.8 Å². The third kappa shape index (κ3) is 1.94. The molecule has 1 aliphatic heterocycles. The van der Waals surface area contributed by atoms with Crippen LogP contribution in [0.1, 0.15) is 28.6 Å². The summed E-state index contributed by atoms with van der Waals surface area (Å²) in [5, 5.41) is 11.5. The predicted octanol–water partition coefficient (Wildman–Crippen LogP) is 0.203. The van der Waals surface area contributed by atoms with Crippen LogP contribution in [-0.4, -0.2) is 44.2 Å². The quantitative estimate of drug-likeness (QED) is 0.778. The van der Waals surface area contributed by atoms with Gasteiger partial charge in [0.05, 0.1) is 19.3 Å². The molecule has 0 saturated carbocycles. The number of carbonyl (C=O) groups excluding carboxylic acids is 1. The number of nitrogens with one attached hydrogen (secondary N) is 1. The van der Waals surface area contributed by atoms with E-state index in [-0.39, 0.29) is 11.9 Å². The summed E-state index contributed by atoms with van der Waals surface area (Å²) in [6.07, 6.45) is 4.61. The average Bonchev–Trinajstić information content (AvgIpc) is 3.03. The van der Waals surface area contributed by atoms with Crippen molar-refractivity contribution in [3.05, 3.63) is 23.8 Å². The second-order valence-electron chi connectivity index (χ2n) is 4.37. The molecule has 1 aliphatic rings. The van der Waals surface area contributed by atoms with Crippen LogP contribution >= 0.6 is 0 Å². The van der Waals surface area contributed by atoms with Crippen LogP contribution in [0.3, 0.4) is 0 Å². The second kappa shape index (κ2) is 4.38. The molecule has 3 rings (SSSR count). The first kappa shape index (κ1) is 11.7. The van der Waals surface area contributed by atoms with E-state index in [1.807, 2.05) is 13.2 Å². The summed E-state index contributed by atoms with van der Waals surface area (Å²) in [6, 6.07) is 0.0378. The van der Waals surface area contributed by atoms with Crippen molar-refractivity contribution in [2.45, 2.75) is 12.5 Å². The highest BCUT2D eigenvalue weighted by atomic mass is 16.5. The Labute approximate surface area is 109 Å². The lowest BCUT2D eigenvalue weighted by atomic mass is 10.1. The SMILES string of the molecule is COC(=O)c1nc2n(n1)C(c1cnn(C)c1)CCN2. The number of methoxy groups -OCH3 is 1. The average molecular weight is 262 g/mol. The van der Waals surface area contributed by atoms with Gasteiger partial charge in [-0.2, -0.15) is 10.1 Å². The fourth-order valence-electron chi connectivity index (χ4n) is 2.20. The standard InChI is InChI=1S/C11H14N6O2/c1-16-6-7(5-13-16)8-3-4-12-11-14-9(10(18)19-2)15-17(8)11/h5-6,8H,3-4H2,1-2H3,(H,12,14,15). The molecule has 0 bridgehead atoms. The lowest BCUT2D eigenvalue weighted by molar-refractivity contribution is 0.0586. The lowest BCUT2D eigenvalue weighted by Crippen LogP contribution is -2.24. The van der Waals surface area contributed by atoms with E-state index in [9.17, 15) is 4.79 Å². The van der Waals surface area contributed by atoms with Gasteiger partial charge in [-0.05, 0) is 6.42 Å². The number of anilines is 1. The topological polar surface area (TPSA) is 86.9 Å². The van der Waals surface area contributed by atoms with Gasteiger partial charge in [0.1, 0.15) is 0 Å². The molecule has 2 aromatic heterocycles. The maximum atomic E-state index is 11.5. The maximum absolute atomic E-state index is 11.5. The first-order valence-electron chi connectivity index (χ1n) is 5.96. The molecule has 3 heterocycles. The predicted molar refractivity (Wildman–Crippen MR) is 65.8 cm³/mol. The Kier molecular flexibility index (Phi) is 2.69. The summed E-state index contributed by atoms with van der Waals surface area (Å²) in [6.45, 7) is 0.777. The van der Waals surface area contributed by atoms with Crippen molar-refractivity contribution < 1.29 is 9.53 Å². The first-order valence-corrected chi connectivity index (χ1v) is 5.96. The molecule has 1 atom stereocenters. The molecule has 1 unspecified atom stereocenters. The molecule has 0 radical (unpaired) electrons. The third-order valence-corrected chi connectivity index (χ3v) is 3.10. The lowest BCUT2D eigenvalue weighted by Gasteiger charge is -2.23. The van der Waals surface area contributed by atoms with Gasteiger partial charge in [0, 0.05) is 25.4 Å². The Morgan fingerprint density at radius 2 is 2.42 bits per heavy atom. The van der Waals surface area contributed by atoms with Crippen LogP contribution in [0, 0.1) is 0 Å². The minimum atomic E-state index is -0.534. The first-order chi connectivity index (χ1) is 9.19. The van der Waals surface area contributed by atoms with Crippen molar-refractivity contribution >= 4 is 11.9 Å². The van der Waals surface area contributed by atoms with Crippen LogP contribution in [0.15, 0.2) is 12.4 Å². The molecule has 0 amide bonds. The minimum absolute atomic E-state index is 0.0378. The van der Waals surface area contributed by atoms with Crippen molar-refractivity contribution in [2.75, 3.05) is 19.0 Å². The van der Waals surface area contributed by atoms with Gasteiger partial charge in [-0.1, -0.05) is 0 Å². The van der Waals surface area contributed by atoms with Crippen LogP contribution in [0.4, 0.5) is 5.95 Å². The number of carbonyl (C=O) groups is 1. The number of hydrogen-bond acceptors (Lipinski definition) is 6. The molecule has 2 aromatic rings. The Morgan fingerprint density at radius 1 is 1.58 bits per heavy atom. The highest BCUT2D eigenvalue weighted by Crippen LogP contribution is 2.27. The van der Waals surface area contributed by atoms with Crippen LogP contribution in [0.25, 0.3) is 0 Å². The monoisotopic (exact) mass is 262 g/mol. The molecule has 100 valence electrons. The molecule has 0 aromatic carbocycles. The molecule has 0 saturated heterocycles. The molecule has 0 aliphatic carbocycles. The molecular formula is C11H14N6O2. The van der Waals surface area contributed by atoms with Gasteiger partial charge in [-0.25, -0.2) is 9.48 Å². The largest absolute Gasteiger partial charge is 0.463 e. The van der Waals surface area contributed by atoms with E-state index in [1.165, 1.54) is 7.11 Å². The van der Waals surface area contributed by atoms with Crippen molar-refractivity contribution in [3.63, 3.8) is 0 Å². The van der Waals surface area contributed by atoms with Gasteiger partial charge in [-0.3, -0.25) is 4.68 Å². The summed E-state index contributed by atoms with van der Waals surface area (Å²) in [5.41, 5.74) is 1.05. The Bertz CT molecular complexity index is 616. The molecule has 1 N–H and O–H groups in total. The molecule has 0 spiro atoms. The van der Waals surface area contributed by atoms with E-state index in [0.29, 0.717) is 5.95 Å². The van der Waals surface area contributed by atoms with Crippen molar-refractivity contribution in [3.8, 4) is 0 Å². The third-order valence-electron chi connectivity index (χ3n) is 3.10. The van der Waals surface area contributed by atoms with E-state index in [1.54, 1.807) is 15.6 Å². The number of fused-ring (bicyclic) bond motifs is 1. The van der Waals surface area contributed by atoms with Gasteiger partial charge >= 0.3 is 5.97 Å². The van der Waals surface area contributed by atoms with Gasteiger partial charge in [0.2, 0.25) is 5.95 Å². The summed E-state index contributed by atoms with van der Waals surface area (Å²) in [7, 11) is 3.18. The zero-order valence-electron chi connectivity index (χ0n) is 10.7. The number of rotatable bonds is 2. The molecule has 19 heavy (non-hydrogen) atoms. The maximum Gasteiger partial charge on any atom is 0.378 e. The number of nitrogens with zero attached hydrogens (tertiary/aromatic N) is 5. The Balaban J connectivity index is 2.00. The van der Waals surface area contributed by atoms with Gasteiger partial charge in [-0.15, -0.1) is 5.10 Å². The smallest absolute Gasteiger partial charge is 0.378 e. The molecular weight excluding hydrogens is 248 g/mol. The highest BCUT2D eigenvalue weighted by Gasteiger charge is 2.27. The van der Waals surface area contributed by atoms with Crippen LogP contribution in [0.5, 0.6) is 0 Å². The van der Waals surface area contributed by atoms with E-state index < -0.39 is 5.97 Å². The Hall–Kier alpha value is -2.38. The van der Waals surface area contributed by atoms with Crippen molar-refractivity contribution in [1.29, 1.82) is 0 Å². The number of esters is 1. The van der Waals surface area contributed by atoms with Crippen molar-refractivity contribution in [1.82, 2.24) is 24.5 Å². The van der Waals surface area contributed by atoms with Gasteiger partial charge in [0.15, 0.2) is 0 Å². The van der Waals surface area contributed by atoms with Gasteiger partial charge < -0.3 is 10.1 Å². The summed E-state index contributed by atoms with van der Waals surface area (Å²) < 4.78 is 8.10. The zero-order chi connectivity index (χ0) is 13.4. The number of aryl methyl sites for hydroxylation is 1. The van der Waals surface area contributed by atoms with E-state index in [4.69, 9.17) is 0 Å². The number of aromatic nitrogens is 5. The fraction of sp³-hybridized carbons (Fsp3) is 0.455. The molecule has 8 heteroatoms. The Morgan fingerprint density at radius 3 is 3.11 bits per heavy atom. The molecule has 8 nitrogen and oxygen atoms in total. The van der Waals surface area contributed by atoms with Crippen LogP contribution < -0.4 is 5.32 Å². The van der Waals surface area contributed by atoms with E-state index >= 15 is 0 Å². The molecule has 0 fully saturated rings. The van der Waals surface area contributed by atoms with E-state index in [2.05, 4.69) is 25.2 Å².